The van der Waals surface area contributed by atoms with Gasteiger partial charge in [-0.15, -0.1) is 0 Å². The number of hydroxylamine groups is 2. The smallest absolute Gasteiger partial charge is 0.410 e. The molecular weight excluding hydrogens is 404 g/mol. The molecule has 1 aromatic rings. The maximum Gasteiger partial charge on any atom is 0.410 e. The van der Waals surface area contributed by atoms with Gasteiger partial charge in [0.1, 0.15) is 11.4 Å². The van der Waals surface area contributed by atoms with Crippen LogP contribution in [0.1, 0.15) is 36.9 Å². The van der Waals surface area contributed by atoms with Crippen LogP contribution in [-0.2, 0) is 26.1 Å². The molecule has 0 atom stereocenters. The van der Waals surface area contributed by atoms with Crippen LogP contribution in [-0.4, -0.2) is 81.2 Å². The standard InChI is InChI=1S/C17H28N4O7S/c1-17(2,3)28-16(23)21-8-6-20(7-9-21)11-13-12(15(22)19(4)26-5)10-14(27-13)29(18,24)25/h10H,6-9,11H2,1-5H3,(H2,18,24,25). The first kappa shape index (κ1) is 23.1. The largest absolute Gasteiger partial charge is 0.446 e. The van der Waals surface area contributed by atoms with Crippen LogP contribution >= 0.6 is 0 Å². The van der Waals surface area contributed by atoms with E-state index in [1.54, 1.807) is 25.7 Å². The number of rotatable bonds is 5. The van der Waals surface area contributed by atoms with Gasteiger partial charge < -0.3 is 14.1 Å². The summed E-state index contributed by atoms with van der Waals surface area (Å²) >= 11 is 0. The van der Waals surface area contributed by atoms with Gasteiger partial charge in [0, 0.05) is 39.3 Å². The molecule has 2 N–H and O–H groups in total. The van der Waals surface area contributed by atoms with Crippen LogP contribution in [0.15, 0.2) is 15.6 Å². The number of ether oxygens (including phenoxy) is 1. The lowest BCUT2D eigenvalue weighted by molar-refractivity contribution is -0.0758. The maximum absolute atomic E-state index is 12.5. The summed E-state index contributed by atoms with van der Waals surface area (Å²) in [6.45, 7) is 7.44. The number of nitrogens with zero attached hydrogens (tertiary/aromatic N) is 3. The van der Waals surface area contributed by atoms with E-state index in [0.29, 0.717) is 26.2 Å². The molecule has 0 aliphatic carbocycles. The second-order valence-electron chi connectivity index (χ2n) is 7.68. The summed E-state index contributed by atoms with van der Waals surface area (Å²) in [6.07, 6.45) is -0.385. The molecule has 1 aliphatic heterocycles. The zero-order chi connectivity index (χ0) is 22.0. The van der Waals surface area contributed by atoms with Gasteiger partial charge in [0.05, 0.1) is 19.2 Å². The van der Waals surface area contributed by atoms with Crippen molar-refractivity contribution in [2.75, 3.05) is 40.3 Å². The number of primary sulfonamides is 1. The minimum atomic E-state index is -4.11. The van der Waals surface area contributed by atoms with E-state index in [2.05, 4.69) is 0 Å². The van der Waals surface area contributed by atoms with Crippen molar-refractivity contribution in [2.24, 2.45) is 5.14 Å². The highest BCUT2D eigenvalue weighted by molar-refractivity contribution is 7.89. The summed E-state index contributed by atoms with van der Waals surface area (Å²) < 4.78 is 34.0. The summed E-state index contributed by atoms with van der Waals surface area (Å²) in [5.41, 5.74) is -0.525. The summed E-state index contributed by atoms with van der Waals surface area (Å²) in [5.74, 6) is -0.401. The van der Waals surface area contributed by atoms with Gasteiger partial charge in [0.2, 0.25) is 5.09 Å². The number of hydrogen-bond acceptors (Lipinski definition) is 8. The van der Waals surface area contributed by atoms with E-state index >= 15 is 0 Å². The summed E-state index contributed by atoms with van der Waals surface area (Å²) in [4.78, 5) is 33.1. The van der Waals surface area contributed by atoms with Crippen molar-refractivity contribution in [3.8, 4) is 0 Å². The van der Waals surface area contributed by atoms with Crippen LogP contribution in [0.25, 0.3) is 0 Å². The lowest BCUT2D eigenvalue weighted by atomic mass is 10.2. The molecule has 0 saturated carbocycles. The normalized spacial score (nSPS) is 16.0. The van der Waals surface area contributed by atoms with Crippen LogP contribution in [0, 0.1) is 0 Å². The fourth-order valence-corrected chi connectivity index (χ4v) is 3.21. The monoisotopic (exact) mass is 432 g/mol. The van der Waals surface area contributed by atoms with Gasteiger partial charge in [-0.2, -0.15) is 0 Å². The molecule has 29 heavy (non-hydrogen) atoms. The predicted octanol–water partition coefficient (Wildman–Crippen LogP) is 0.613. The molecule has 11 nitrogen and oxygen atoms in total. The van der Waals surface area contributed by atoms with Gasteiger partial charge in [-0.05, 0) is 20.8 Å². The van der Waals surface area contributed by atoms with Crippen molar-refractivity contribution in [2.45, 2.75) is 38.0 Å². The zero-order valence-corrected chi connectivity index (χ0v) is 18.1. The molecule has 1 aromatic heterocycles. The number of nitrogens with two attached hydrogens (primary N) is 1. The quantitative estimate of drug-likeness (QED) is 0.669. The Labute approximate surface area is 170 Å². The van der Waals surface area contributed by atoms with Gasteiger partial charge in [-0.25, -0.2) is 23.4 Å². The van der Waals surface area contributed by atoms with Gasteiger partial charge in [-0.3, -0.25) is 14.5 Å². The van der Waals surface area contributed by atoms with E-state index in [1.165, 1.54) is 14.2 Å². The third kappa shape index (κ3) is 6.16. The average molecular weight is 432 g/mol. The van der Waals surface area contributed by atoms with Crippen molar-refractivity contribution in [1.82, 2.24) is 14.9 Å². The van der Waals surface area contributed by atoms with Gasteiger partial charge in [0.25, 0.3) is 15.9 Å². The maximum atomic E-state index is 12.5. The van der Waals surface area contributed by atoms with E-state index in [9.17, 15) is 18.0 Å². The minimum absolute atomic E-state index is 0.0490. The molecule has 2 heterocycles. The van der Waals surface area contributed by atoms with Crippen LogP contribution in [0.2, 0.25) is 0 Å². The predicted molar refractivity (Wildman–Crippen MR) is 102 cm³/mol. The third-order valence-corrected chi connectivity index (χ3v) is 5.01. The number of sulfonamides is 1. The number of amides is 2. The summed E-state index contributed by atoms with van der Waals surface area (Å²) in [7, 11) is -1.40. The molecule has 0 bridgehead atoms. The van der Waals surface area contributed by atoms with E-state index in [-0.39, 0.29) is 24.0 Å². The van der Waals surface area contributed by atoms with Crippen molar-refractivity contribution in [3.63, 3.8) is 0 Å². The molecule has 164 valence electrons. The molecule has 0 aromatic carbocycles. The first-order valence-corrected chi connectivity index (χ1v) is 10.5. The first-order chi connectivity index (χ1) is 13.3. The first-order valence-electron chi connectivity index (χ1n) is 9.00. The number of hydrogen-bond donors (Lipinski definition) is 1. The SMILES string of the molecule is CON(C)C(=O)c1cc(S(N)(=O)=O)oc1CN1CCN(C(=O)OC(C)(C)C)CC1. The Hall–Kier alpha value is -2.15. The minimum Gasteiger partial charge on any atom is -0.446 e. The highest BCUT2D eigenvalue weighted by atomic mass is 32.2. The number of piperazine rings is 1. The van der Waals surface area contributed by atoms with Gasteiger partial charge in [-0.1, -0.05) is 0 Å². The van der Waals surface area contributed by atoms with Gasteiger partial charge in [0.15, 0.2) is 0 Å². The molecule has 1 fully saturated rings. The van der Waals surface area contributed by atoms with Crippen molar-refractivity contribution >= 4 is 22.0 Å². The van der Waals surface area contributed by atoms with Crippen LogP contribution in [0.5, 0.6) is 0 Å². The van der Waals surface area contributed by atoms with E-state index in [0.717, 1.165) is 11.1 Å². The van der Waals surface area contributed by atoms with Crippen molar-refractivity contribution in [3.05, 3.63) is 17.4 Å². The Morgan fingerprint density at radius 1 is 1.24 bits per heavy atom. The lowest BCUT2D eigenvalue weighted by Gasteiger charge is -2.35. The number of carbonyl (C=O) groups excluding carboxylic acids is 2. The summed E-state index contributed by atoms with van der Waals surface area (Å²) in [5, 5.41) is 5.60. The molecular formula is C17H28N4O7S. The third-order valence-electron chi connectivity index (χ3n) is 4.25. The topological polar surface area (TPSA) is 136 Å². The Bertz CT molecular complexity index is 852. The Morgan fingerprint density at radius 2 is 1.83 bits per heavy atom. The molecule has 0 spiro atoms. The number of furan rings is 1. The van der Waals surface area contributed by atoms with Crippen molar-refractivity contribution in [1.29, 1.82) is 0 Å². The second kappa shape index (κ2) is 8.69. The van der Waals surface area contributed by atoms with Crippen molar-refractivity contribution < 1.29 is 32.0 Å². The molecule has 12 heteroatoms. The van der Waals surface area contributed by atoms with Crippen LogP contribution in [0.4, 0.5) is 4.79 Å². The second-order valence-corrected chi connectivity index (χ2v) is 9.17. The molecule has 0 unspecified atom stereocenters. The molecule has 2 rings (SSSR count). The van der Waals surface area contributed by atoms with E-state index in [1.807, 2.05) is 4.90 Å². The highest BCUT2D eigenvalue weighted by Crippen LogP contribution is 2.23. The fraction of sp³-hybridized carbons (Fsp3) is 0.647. The molecule has 1 saturated heterocycles. The Balaban J connectivity index is 2.11. The Kier molecular flexibility index (Phi) is 6.93. The zero-order valence-electron chi connectivity index (χ0n) is 17.3. The van der Waals surface area contributed by atoms with Gasteiger partial charge >= 0.3 is 6.09 Å². The molecule has 2 amide bonds. The fourth-order valence-electron chi connectivity index (χ4n) is 2.71. The highest BCUT2D eigenvalue weighted by Gasteiger charge is 2.29. The van der Waals surface area contributed by atoms with E-state index < -0.39 is 26.6 Å². The molecule has 1 aliphatic rings. The number of carbonyl (C=O) groups is 2. The Morgan fingerprint density at radius 3 is 2.31 bits per heavy atom. The summed E-state index contributed by atoms with van der Waals surface area (Å²) in [6, 6.07) is 1.10. The average Bonchev–Trinajstić information content (AvgIpc) is 3.03. The lowest BCUT2D eigenvalue weighted by Crippen LogP contribution is -2.49. The van der Waals surface area contributed by atoms with Crippen LogP contribution in [0.3, 0.4) is 0 Å². The molecule has 0 radical (unpaired) electrons. The van der Waals surface area contributed by atoms with Crippen LogP contribution < -0.4 is 5.14 Å². The van der Waals surface area contributed by atoms with E-state index in [4.69, 9.17) is 19.1 Å².